The summed E-state index contributed by atoms with van der Waals surface area (Å²) in [6.45, 7) is 0.775. The third-order valence-corrected chi connectivity index (χ3v) is 2.83. The molecule has 0 radical (unpaired) electrons. The first-order valence-corrected chi connectivity index (χ1v) is 5.30. The van der Waals surface area contributed by atoms with Gasteiger partial charge in [0.05, 0.1) is 5.84 Å². The van der Waals surface area contributed by atoms with Gasteiger partial charge in [-0.25, -0.2) is 4.39 Å². The standard InChI is InChI=1S/C12H15FN2/c13-11-6-2-1-5-10(11)9-4-3-7-15-12(14)8-9/h1-2,5-6,9H,3-4,7-8H2,(H2,14,15). The van der Waals surface area contributed by atoms with Crippen LogP contribution in [0.3, 0.4) is 0 Å². The molecule has 1 aromatic carbocycles. The lowest BCUT2D eigenvalue weighted by Gasteiger charge is -2.14. The maximum atomic E-state index is 13.6. The van der Waals surface area contributed by atoms with Crippen LogP contribution in [0.4, 0.5) is 4.39 Å². The Morgan fingerprint density at radius 1 is 1.33 bits per heavy atom. The zero-order valence-corrected chi connectivity index (χ0v) is 8.62. The van der Waals surface area contributed by atoms with Gasteiger partial charge in [0.1, 0.15) is 5.82 Å². The lowest BCUT2D eigenvalue weighted by Crippen LogP contribution is -2.15. The van der Waals surface area contributed by atoms with E-state index in [2.05, 4.69) is 4.99 Å². The predicted molar refractivity (Wildman–Crippen MR) is 59.5 cm³/mol. The van der Waals surface area contributed by atoms with Crippen molar-refractivity contribution in [2.45, 2.75) is 25.2 Å². The number of amidine groups is 1. The molecular formula is C12H15FN2. The molecule has 0 fully saturated rings. The maximum absolute atomic E-state index is 13.6. The lowest BCUT2D eigenvalue weighted by molar-refractivity contribution is 0.559. The van der Waals surface area contributed by atoms with Crippen LogP contribution in [0.25, 0.3) is 0 Å². The normalized spacial score (nSPS) is 21.9. The van der Waals surface area contributed by atoms with Crippen LogP contribution in [-0.2, 0) is 0 Å². The van der Waals surface area contributed by atoms with Crippen molar-refractivity contribution in [2.75, 3.05) is 6.54 Å². The molecule has 1 aromatic rings. The summed E-state index contributed by atoms with van der Waals surface area (Å²) in [6, 6.07) is 6.94. The number of halogens is 1. The highest BCUT2D eigenvalue weighted by Gasteiger charge is 2.18. The van der Waals surface area contributed by atoms with Crippen LogP contribution in [0, 0.1) is 5.82 Å². The number of hydrogen-bond donors (Lipinski definition) is 1. The van der Waals surface area contributed by atoms with Gasteiger partial charge in [-0.3, -0.25) is 4.99 Å². The van der Waals surface area contributed by atoms with Crippen molar-refractivity contribution in [3.05, 3.63) is 35.6 Å². The number of benzene rings is 1. The molecule has 0 amide bonds. The molecule has 80 valence electrons. The molecule has 0 spiro atoms. The molecule has 0 bridgehead atoms. The fraction of sp³-hybridized carbons (Fsp3) is 0.417. The molecule has 2 N–H and O–H groups in total. The van der Waals surface area contributed by atoms with Crippen molar-refractivity contribution >= 4 is 5.84 Å². The zero-order chi connectivity index (χ0) is 10.7. The molecule has 0 saturated carbocycles. The first-order valence-electron chi connectivity index (χ1n) is 5.30. The van der Waals surface area contributed by atoms with Crippen LogP contribution in [0.1, 0.15) is 30.7 Å². The third kappa shape index (κ3) is 2.35. The molecule has 1 heterocycles. The Hall–Kier alpha value is -1.38. The molecule has 2 nitrogen and oxygen atoms in total. The van der Waals surface area contributed by atoms with Gasteiger partial charge in [-0.15, -0.1) is 0 Å². The van der Waals surface area contributed by atoms with Crippen LogP contribution in [0.15, 0.2) is 29.3 Å². The maximum Gasteiger partial charge on any atom is 0.126 e. The third-order valence-electron chi connectivity index (χ3n) is 2.83. The Morgan fingerprint density at radius 2 is 2.13 bits per heavy atom. The summed E-state index contributed by atoms with van der Waals surface area (Å²) in [5.41, 5.74) is 6.52. The van der Waals surface area contributed by atoms with Crippen molar-refractivity contribution in [2.24, 2.45) is 10.7 Å². The highest BCUT2D eigenvalue weighted by atomic mass is 19.1. The summed E-state index contributed by atoms with van der Waals surface area (Å²) in [7, 11) is 0. The van der Waals surface area contributed by atoms with Crippen molar-refractivity contribution < 1.29 is 4.39 Å². The van der Waals surface area contributed by atoms with Gasteiger partial charge in [0.2, 0.25) is 0 Å². The van der Waals surface area contributed by atoms with Crippen LogP contribution < -0.4 is 5.73 Å². The van der Waals surface area contributed by atoms with Crippen molar-refractivity contribution in [3.8, 4) is 0 Å². The predicted octanol–water partition coefficient (Wildman–Crippen LogP) is 2.45. The van der Waals surface area contributed by atoms with E-state index in [1.807, 2.05) is 12.1 Å². The molecule has 15 heavy (non-hydrogen) atoms. The van der Waals surface area contributed by atoms with Crippen LogP contribution in [0.2, 0.25) is 0 Å². The smallest absolute Gasteiger partial charge is 0.126 e. The topological polar surface area (TPSA) is 38.4 Å². The molecular weight excluding hydrogens is 191 g/mol. The molecule has 0 saturated heterocycles. The Kier molecular flexibility index (Phi) is 2.99. The van der Waals surface area contributed by atoms with E-state index in [9.17, 15) is 4.39 Å². The van der Waals surface area contributed by atoms with E-state index in [0.717, 1.165) is 24.9 Å². The van der Waals surface area contributed by atoms with Gasteiger partial charge < -0.3 is 5.73 Å². The Morgan fingerprint density at radius 3 is 2.93 bits per heavy atom. The Labute approximate surface area is 89.0 Å². The summed E-state index contributed by atoms with van der Waals surface area (Å²) < 4.78 is 13.6. The van der Waals surface area contributed by atoms with Gasteiger partial charge in [0.15, 0.2) is 0 Å². The molecule has 0 aliphatic carbocycles. The monoisotopic (exact) mass is 206 g/mol. The number of hydrogen-bond acceptors (Lipinski definition) is 2. The van der Waals surface area contributed by atoms with Crippen LogP contribution >= 0.6 is 0 Å². The molecule has 1 unspecified atom stereocenters. The summed E-state index contributed by atoms with van der Waals surface area (Å²) in [6.07, 6.45) is 2.63. The quantitative estimate of drug-likeness (QED) is 0.753. The van der Waals surface area contributed by atoms with Crippen LogP contribution in [-0.4, -0.2) is 12.4 Å². The fourth-order valence-corrected chi connectivity index (χ4v) is 2.05. The van der Waals surface area contributed by atoms with Gasteiger partial charge in [-0.1, -0.05) is 18.2 Å². The molecule has 3 heteroatoms. The number of rotatable bonds is 1. The molecule has 1 atom stereocenters. The van der Waals surface area contributed by atoms with E-state index in [0.29, 0.717) is 12.3 Å². The van der Waals surface area contributed by atoms with Gasteiger partial charge in [-0.2, -0.15) is 0 Å². The highest BCUT2D eigenvalue weighted by Crippen LogP contribution is 2.28. The summed E-state index contributed by atoms with van der Waals surface area (Å²) in [5.74, 6) is 0.718. The summed E-state index contributed by atoms with van der Waals surface area (Å²) >= 11 is 0. The van der Waals surface area contributed by atoms with Crippen molar-refractivity contribution in [1.29, 1.82) is 0 Å². The Balaban J connectivity index is 2.23. The van der Waals surface area contributed by atoms with E-state index in [1.165, 1.54) is 6.07 Å². The average molecular weight is 206 g/mol. The van der Waals surface area contributed by atoms with Gasteiger partial charge >= 0.3 is 0 Å². The summed E-state index contributed by atoms with van der Waals surface area (Å²) in [5, 5.41) is 0. The first kappa shape index (κ1) is 10.1. The second kappa shape index (κ2) is 4.43. The van der Waals surface area contributed by atoms with E-state index in [1.54, 1.807) is 6.07 Å². The van der Waals surface area contributed by atoms with Crippen molar-refractivity contribution in [3.63, 3.8) is 0 Å². The number of nitrogens with zero attached hydrogens (tertiary/aromatic N) is 1. The Bertz CT molecular complexity index is 374. The minimum Gasteiger partial charge on any atom is -0.387 e. The number of nitrogens with two attached hydrogens (primary N) is 1. The van der Waals surface area contributed by atoms with Gasteiger partial charge in [0.25, 0.3) is 0 Å². The van der Waals surface area contributed by atoms with Gasteiger partial charge in [0, 0.05) is 13.0 Å². The minimum absolute atomic E-state index is 0.128. The summed E-state index contributed by atoms with van der Waals surface area (Å²) in [4.78, 5) is 4.20. The molecule has 0 aromatic heterocycles. The van der Waals surface area contributed by atoms with E-state index in [-0.39, 0.29) is 11.7 Å². The van der Waals surface area contributed by atoms with Crippen LogP contribution in [0.5, 0.6) is 0 Å². The SMILES string of the molecule is NC1=NCCCC(c2ccccc2F)C1. The lowest BCUT2D eigenvalue weighted by atomic mass is 9.91. The minimum atomic E-state index is -0.128. The van der Waals surface area contributed by atoms with Crippen molar-refractivity contribution in [1.82, 2.24) is 0 Å². The van der Waals surface area contributed by atoms with E-state index < -0.39 is 0 Å². The van der Waals surface area contributed by atoms with E-state index >= 15 is 0 Å². The molecule has 2 rings (SSSR count). The molecule has 1 aliphatic rings. The number of aliphatic imine (C=N–C) groups is 1. The van der Waals surface area contributed by atoms with Gasteiger partial charge in [-0.05, 0) is 30.4 Å². The largest absolute Gasteiger partial charge is 0.387 e. The molecule has 1 aliphatic heterocycles. The highest BCUT2D eigenvalue weighted by molar-refractivity contribution is 5.81. The average Bonchev–Trinajstić information content (AvgIpc) is 2.43. The fourth-order valence-electron chi connectivity index (χ4n) is 2.05. The first-order chi connectivity index (χ1) is 7.27. The van der Waals surface area contributed by atoms with E-state index in [4.69, 9.17) is 5.73 Å². The zero-order valence-electron chi connectivity index (χ0n) is 8.62. The second-order valence-electron chi connectivity index (χ2n) is 3.94. The second-order valence-corrected chi connectivity index (χ2v) is 3.94.